The van der Waals surface area contributed by atoms with Gasteiger partial charge in [-0.3, -0.25) is 4.79 Å². The summed E-state index contributed by atoms with van der Waals surface area (Å²) in [6, 6.07) is 12.2. The standard InChI is InChI=1S/C25H27N5O2S/c1-16(13-26)14-27-23-20-12-18(5-4-17(20)6-7-22(23)32-3)21-15-33-25(29-21)24(31)28-19-8-10-30(2)11-9-19/h4-7,12,15,19,27H,1,8-11,14H2,2-3H3,(H,28,31). The fourth-order valence-corrected chi connectivity index (χ4v) is 4.69. The van der Waals surface area contributed by atoms with Gasteiger partial charge in [0.25, 0.3) is 5.91 Å². The number of methoxy groups -OCH3 is 1. The van der Waals surface area contributed by atoms with E-state index in [1.54, 1.807) is 7.11 Å². The molecule has 0 unspecified atom stereocenters. The lowest BCUT2D eigenvalue weighted by molar-refractivity contribution is 0.0916. The van der Waals surface area contributed by atoms with Crippen molar-refractivity contribution in [2.24, 2.45) is 0 Å². The van der Waals surface area contributed by atoms with E-state index >= 15 is 0 Å². The van der Waals surface area contributed by atoms with E-state index < -0.39 is 0 Å². The zero-order valence-corrected chi connectivity index (χ0v) is 19.7. The molecule has 0 aliphatic carbocycles. The molecule has 1 fully saturated rings. The molecule has 2 heterocycles. The smallest absolute Gasteiger partial charge is 0.280 e. The van der Waals surface area contributed by atoms with Crippen molar-refractivity contribution in [3.05, 3.63) is 52.9 Å². The SMILES string of the molecule is C=C(C#N)CNc1c(OC)ccc2ccc(-c3csc(C(=O)NC4CCN(C)CC4)n3)cc12. The predicted octanol–water partition coefficient (Wildman–Crippen LogP) is 4.29. The Morgan fingerprint density at radius 2 is 2.09 bits per heavy atom. The molecule has 2 aromatic carbocycles. The van der Waals surface area contributed by atoms with E-state index in [2.05, 4.69) is 40.2 Å². The molecule has 3 aromatic rings. The van der Waals surface area contributed by atoms with Gasteiger partial charge in [-0.25, -0.2) is 4.98 Å². The van der Waals surface area contributed by atoms with Crippen molar-refractivity contribution in [2.45, 2.75) is 18.9 Å². The molecule has 1 aliphatic heterocycles. The second kappa shape index (κ2) is 10.0. The number of aromatic nitrogens is 1. The molecule has 4 rings (SSSR count). The van der Waals surface area contributed by atoms with Gasteiger partial charge < -0.3 is 20.3 Å². The monoisotopic (exact) mass is 461 g/mol. The number of rotatable bonds is 7. The lowest BCUT2D eigenvalue weighted by atomic mass is 10.0. The van der Waals surface area contributed by atoms with Crippen LogP contribution in [0.25, 0.3) is 22.0 Å². The maximum Gasteiger partial charge on any atom is 0.280 e. The number of likely N-dealkylation sites (tertiary alicyclic amines) is 1. The minimum atomic E-state index is -0.111. The number of nitrogens with one attached hydrogen (secondary N) is 2. The second-order valence-corrected chi connectivity index (χ2v) is 9.09. The molecule has 1 aromatic heterocycles. The van der Waals surface area contributed by atoms with Crippen molar-refractivity contribution < 1.29 is 9.53 Å². The number of thiazole rings is 1. The molecule has 33 heavy (non-hydrogen) atoms. The highest BCUT2D eigenvalue weighted by Gasteiger charge is 2.21. The van der Waals surface area contributed by atoms with Gasteiger partial charge in [-0.1, -0.05) is 24.8 Å². The number of nitriles is 1. The number of ether oxygens (including phenoxy) is 1. The van der Waals surface area contributed by atoms with E-state index in [4.69, 9.17) is 10.00 Å². The number of hydrogen-bond acceptors (Lipinski definition) is 7. The summed E-state index contributed by atoms with van der Waals surface area (Å²) in [5.74, 6) is 0.572. The van der Waals surface area contributed by atoms with Gasteiger partial charge in [-0.05, 0) is 50.5 Å². The molecule has 1 aliphatic rings. The Hall–Kier alpha value is -3.41. The van der Waals surface area contributed by atoms with Gasteiger partial charge in [-0.15, -0.1) is 11.3 Å². The maximum absolute atomic E-state index is 12.7. The maximum atomic E-state index is 12.7. The number of carbonyl (C=O) groups excluding carboxylic acids is 1. The van der Waals surface area contributed by atoms with Gasteiger partial charge in [-0.2, -0.15) is 5.26 Å². The average molecular weight is 462 g/mol. The third-order valence-corrected chi connectivity index (χ3v) is 6.73. The minimum Gasteiger partial charge on any atom is -0.495 e. The summed E-state index contributed by atoms with van der Waals surface area (Å²) in [5, 5.41) is 19.8. The number of hydrogen-bond donors (Lipinski definition) is 2. The molecule has 8 heteroatoms. The Kier molecular flexibility index (Phi) is 6.92. The van der Waals surface area contributed by atoms with Crippen LogP contribution in [0.15, 0.2) is 47.9 Å². The number of amides is 1. The first-order valence-corrected chi connectivity index (χ1v) is 11.7. The van der Waals surface area contributed by atoms with E-state index in [1.165, 1.54) is 11.3 Å². The molecule has 0 radical (unpaired) electrons. The third-order valence-electron chi connectivity index (χ3n) is 5.89. The number of fused-ring (bicyclic) bond motifs is 1. The highest BCUT2D eigenvalue weighted by atomic mass is 32.1. The number of carbonyl (C=O) groups is 1. The van der Waals surface area contributed by atoms with E-state index in [-0.39, 0.29) is 11.9 Å². The lowest BCUT2D eigenvalue weighted by Crippen LogP contribution is -2.43. The van der Waals surface area contributed by atoms with Crippen LogP contribution >= 0.6 is 11.3 Å². The highest BCUT2D eigenvalue weighted by molar-refractivity contribution is 7.12. The van der Waals surface area contributed by atoms with Crippen molar-refractivity contribution in [2.75, 3.05) is 39.1 Å². The van der Waals surface area contributed by atoms with E-state index in [1.807, 2.05) is 35.7 Å². The Morgan fingerprint density at radius 1 is 1.33 bits per heavy atom. The van der Waals surface area contributed by atoms with Gasteiger partial charge in [0.05, 0.1) is 24.6 Å². The minimum absolute atomic E-state index is 0.111. The van der Waals surface area contributed by atoms with Crippen LogP contribution in [0.2, 0.25) is 0 Å². The number of benzene rings is 2. The van der Waals surface area contributed by atoms with E-state index in [9.17, 15) is 4.79 Å². The van der Waals surface area contributed by atoms with Gasteiger partial charge in [0.2, 0.25) is 0 Å². The van der Waals surface area contributed by atoms with Gasteiger partial charge in [0.1, 0.15) is 5.75 Å². The van der Waals surface area contributed by atoms with Crippen molar-refractivity contribution >= 4 is 33.7 Å². The summed E-state index contributed by atoms with van der Waals surface area (Å²) in [7, 11) is 3.72. The molecule has 0 bridgehead atoms. The molecule has 170 valence electrons. The highest BCUT2D eigenvalue weighted by Crippen LogP contribution is 2.36. The van der Waals surface area contributed by atoms with Crippen LogP contribution in [-0.2, 0) is 0 Å². The van der Waals surface area contributed by atoms with Crippen LogP contribution in [-0.4, -0.2) is 55.6 Å². The van der Waals surface area contributed by atoms with Crippen LogP contribution < -0.4 is 15.4 Å². The van der Waals surface area contributed by atoms with Crippen molar-refractivity contribution in [3.8, 4) is 23.1 Å². The number of anilines is 1. The largest absolute Gasteiger partial charge is 0.495 e. The summed E-state index contributed by atoms with van der Waals surface area (Å²) in [4.78, 5) is 19.6. The quantitative estimate of drug-likeness (QED) is 0.510. The summed E-state index contributed by atoms with van der Waals surface area (Å²) in [6.45, 7) is 6.05. The van der Waals surface area contributed by atoms with E-state index in [0.717, 1.165) is 53.6 Å². The zero-order chi connectivity index (χ0) is 23.4. The topological polar surface area (TPSA) is 90.3 Å². The summed E-state index contributed by atoms with van der Waals surface area (Å²) in [5.41, 5.74) is 2.90. The summed E-state index contributed by atoms with van der Waals surface area (Å²) < 4.78 is 5.53. The summed E-state index contributed by atoms with van der Waals surface area (Å²) in [6.07, 6.45) is 1.92. The fraction of sp³-hybridized carbons (Fsp3) is 0.320. The molecule has 1 saturated heterocycles. The first-order valence-electron chi connectivity index (χ1n) is 10.9. The Labute approximate surface area is 197 Å². The lowest BCUT2D eigenvalue weighted by Gasteiger charge is -2.29. The Morgan fingerprint density at radius 3 is 2.82 bits per heavy atom. The average Bonchev–Trinajstić information content (AvgIpc) is 3.34. The number of piperidine rings is 1. The molecular formula is C25H27N5O2S. The van der Waals surface area contributed by atoms with Crippen molar-refractivity contribution in [3.63, 3.8) is 0 Å². The second-order valence-electron chi connectivity index (χ2n) is 8.24. The van der Waals surface area contributed by atoms with Crippen LogP contribution in [0.3, 0.4) is 0 Å². The van der Waals surface area contributed by atoms with Gasteiger partial charge in [0.15, 0.2) is 5.01 Å². The van der Waals surface area contributed by atoms with Crippen LogP contribution in [0.5, 0.6) is 5.75 Å². The molecule has 2 N–H and O–H groups in total. The van der Waals surface area contributed by atoms with E-state index in [0.29, 0.717) is 22.9 Å². The molecular weight excluding hydrogens is 434 g/mol. The van der Waals surface area contributed by atoms with Crippen LogP contribution in [0.1, 0.15) is 22.6 Å². The van der Waals surface area contributed by atoms with Crippen LogP contribution in [0.4, 0.5) is 5.69 Å². The number of nitrogens with zero attached hydrogens (tertiary/aromatic N) is 3. The first kappa shape index (κ1) is 22.8. The molecule has 0 atom stereocenters. The molecule has 0 saturated carbocycles. The fourth-order valence-electron chi connectivity index (χ4n) is 3.96. The Balaban J connectivity index is 1.58. The zero-order valence-electron chi connectivity index (χ0n) is 18.9. The third kappa shape index (κ3) is 5.16. The van der Waals surface area contributed by atoms with Gasteiger partial charge >= 0.3 is 0 Å². The van der Waals surface area contributed by atoms with Gasteiger partial charge in [0, 0.05) is 34.5 Å². The molecule has 0 spiro atoms. The predicted molar refractivity (Wildman–Crippen MR) is 133 cm³/mol. The summed E-state index contributed by atoms with van der Waals surface area (Å²) >= 11 is 1.35. The Bertz CT molecular complexity index is 1220. The molecule has 7 nitrogen and oxygen atoms in total. The van der Waals surface area contributed by atoms with Crippen molar-refractivity contribution in [1.82, 2.24) is 15.2 Å². The molecule has 1 amide bonds. The van der Waals surface area contributed by atoms with Crippen LogP contribution in [0, 0.1) is 11.3 Å². The normalized spacial score (nSPS) is 14.6. The van der Waals surface area contributed by atoms with Crippen molar-refractivity contribution in [1.29, 1.82) is 5.26 Å². The first-order chi connectivity index (χ1) is 16.0.